The largest absolute Gasteiger partial charge is 0.268 e. The van der Waals surface area contributed by atoms with Gasteiger partial charge in [-0.2, -0.15) is 0 Å². The zero-order valence-electron chi connectivity index (χ0n) is 10.3. The van der Waals surface area contributed by atoms with E-state index in [-0.39, 0.29) is 5.56 Å². The molecule has 0 fully saturated rings. The fraction of sp³-hybridized carbons (Fsp3) is 0.133. The minimum Gasteiger partial charge on any atom is -0.268 e. The van der Waals surface area contributed by atoms with Crippen LogP contribution in [0.25, 0.3) is 21.2 Å². The summed E-state index contributed by atoms with van der Waals surface area (Å²) in [5.74, 6) is 0. The molecule has 2 aromatic carbocycles. The van der Waals surface area contributed by atoms with Gasteiger partial charge in [0, 0.05) is 12.6 Å². The molecule has 0 radical (unpaired) electrons. The van der Waals surface area contributed by atoms with Crippen molar-refractivity contribution in [1.29, 1.82) is 0 Å². The Balaban J connectivity index is 2.32. The van der Waals surface area contributed by atoms with E-state index in [0.717, 1.165) is 21.2 Å². The summed E-state index contributed by atoms with van der Waals surface area (Å²) < 4.78 is 2.75. The van der Waals surface area contributed by atoms with Gasteiger partial charge < -0.3 is 0 Å². The van der Waals surface area contributed by atoms with Crippen LogP contribution in [0.3, 0.4) is 0 Å². The molecule has 0 amide bonds. The van der Waals surface area contributed by atoms with Crippen LogP contribution in [0.5, 0.6) is 0 Å². The zero-order chi connectivity index (χ0) is 12.7. The highest BCUT2D eigenvalue weighted by Crippen LogP contribution is 2.30. The second-order valence-electron chi connectivity index (χ2n) is 4.44. The van der Waals surface area contributed by atoms with E-state index in [1.165, 1.54) is 17.1 Å². The van der Waals surface area contributed by atoms with Crippen molar-refractivity contribution >= 4 is 21.6 Å². The van der Waals surface area contributed by atoms with Crippen molar-refractivity contribution in [2.75, 3.05) is 0 Å². The van der Waals surface area contributed by atoms with E-state index in [2.05, 4.69) is 37.3 Å². The maximum Gasteiger partial charge on any atom is 0.268 e. The molecule has 3 heteroatoms. The first kappa shape index (κ1) is 11.2. The maximum atomic E-state index is 11.9. The SMILES string of the molecule is Cc1ccc(-c2cccc3c(=O)n(C)sc23)cc1. The summed E-state index contributed by atoms with van der Waals surface area (Å²) in [6.07, 6.45) is 0. The Labute approximate surface area is 109 Å². The van der Waals surface area contributed by atoms with Crippen LogP contribution in [0.1, 0.15) is 5.56 Å². The summed E-state index contributed by atoms with van der Waals surface area (Å²) in [6.45, 7) is 2.07. The summed E-state index contributed by atoms with van der Waals surface area (Å²) in [5.41, 5.74) is 3.62. The standard InChI is InChI=1S/C15H13NOS/c1-10-6-8-11(9-7-10)12-4-3-5-13-14(12)18-16(2)15(13)17/h3-9H,1-2H3. The molecular formula is C15H13NOS. The van der Waals surface area contributed by atoms with E-state index < -0.39 is 0 Å². The molecule has 0 bridgehead atoms. The second-order valence-corrected chi connectivity index (χ2v) is 5.58. The molecule has 90 valence electrons. The molecule has 1 aromatic heterocycles. The van der Waals surface area contributed by atoms with Crippen molar-refractivity contribution < 1.29 is 0 Å². The number of rotatable bonds is 1. The summed E-state index contributed by atoms with van der Waals surface area (Å²) in [5, 5.41) is 0.806. The number of fused-ring (bicyclic) bond motifs is 1. The van der Waals surface area contributed by atoms with Crippen LogP contribution in [-0.2, 0) is 7.05 Å². The van der Waals surface area contributed by atoms with E-state index in [1.807, 2.05) is 19.2 Å². The quantitative estimate of drug-likeness (QED) is 0.651. The van der Waals surface area contributed by atoms with Gasteiger partial charge in [-0.3, -0.25) is 8.75 Å². The number of benzene rings is 2. The van der Waals surface area contributed by atoms with Crippen molar-refractivity contribution in [2.24, 2.45) is 7.05 Å². The predicted molar refractivity (Wildman–Crippen MR) is 77.2 cm³/mol. The highest BCUT2D eigenvalue weighted by molar-refractivity contribution is 7.14. The molecule has 0 N–H and O–H groups in total. The van der Waals surface area contributed by atoms with Crippen LogP contribution in [0.4, 0.5) is 0 Å². The fourth-order valence-electron chi connectivity index (χ4n) is 2.11. The Morgan fingerprint density at radius 1 is 1.06 bits per heavy atom. The van der Waals surface area contributed by atoms with Gasteiger partial charge in [-0.05, 0) is 18.6 Å². The van der Waals surface area contributed by atoms with Crippen LogP contribution in [0, 0.1) is 6.92 Å². The van der Waals surface area contributed by atoms with Crippen LogP contribution < -0.4 is 5.56 Å². The average Bonchev–Trinajstić information content (AvgIpc) is 2.67. The molecule has 0 atom stereocenters. The lowest BCUT2D eigenvalue weighted by Gasteiger charge is -2.03. The van der Waals surface area contributed by atoms with Gasteiger partial charge in [-0.15, -0.1) is 0 Å². The van der Waals surface area contributed by atoms with Gasteiger partial charge in [0.2, 0.25) is 0 Å². The lowest BCUT2D eigenvalue weighted by atomic mass is 10.0. The van der Waals surface area contributed by atoms with Gasteiger partial charge in [-0.1, -0.05) is 53.5 Å². The molecule has 3 aromatic rings. The minimum atomic E-state index is 0.0870. The summed E-state index contributed by atoms with van der Waals surface area (Å²) >= 11 is 1.51. The first-order valence-electron chi connectivity index (χ1n) is 5.83. The van der Waals surface area contributed by atoms with Crippen molar-refractivity contribution in [3.8, 4) is 11.1 Å². The summed E-state index contributed by atoms with van der Waals surface area (Å²) in [6, 6.07) is 14.3. The Hall–Kier alpha value is -1.87. The Morgan fingerprint density at radius 3 is 2.50 bits per heavy atom. The number of aryl methyl sites for hydroxylation is 2. The van der Waals surface area contributed by atoms with Crippen molar-refractivity contribution in [1.82, 2.24) is 3.96 Å². The minimum absolute atomic E-state index is 0.0870. The van der Waals surface area contributed by atoms with Gasteiger partial charge in [-0.25, -0.2) is 0 Å². The third kappa shape index (κ3) is 1.68. The molecule has 2 nitrogen and oxygen atoms in total. The first-order valence-corrected chi connectivity index (χ1v) is 6.60. The molecular weight excluding hydrogens is 242 g/mol. The average molecular weight is 255 g/mol. The number of hydrogen-bond donors (Lipinski definition) is 0. The molecule has 0 saturated heterocycles. The Kier molecular flexibility index (Phi) is 2.56. The number of nitrogens with zero attached hydrogens (tertiary/aromatic N) is 1. The second kappa shape index (κ2) is 4.10. The van der Waals surface area contributed by atoms with Gasteiger partial charge in [0.25, 0.3) is 5.56 Å². The smallest absolute Gasteiger partial charge is 0.268 e. The molecule has 0 saturated carbocycles. The number of aromatic nitrogens is 1. The zero-order valence-corrected chi connectivity index (χ0v) is 11.1. The van der Waals surface area contributed by atoms with E-state index in [4.69, 9.17) is 0 Å². The van der Waals surface area contributed by atoms with E-state index in [1.54, 1.807) is 3.96 Å². The topological polar surface area (TPSA) is 22.0 Å². The highest BCUT2D eigenvalue weighted by Gasteiger charge is 2.09. The van der Waals surface area contributed by atoms with Gasteiger partial charge >= 0.3 is 0 Å². The van der Waals surface area contributed by atoms with Crippen LogP contribution in [0.2, 0.25) is 0 Å². The fourth-order valence-corrected chi connectivity index (χ4v) is 3.11. The van der Waals surface area contributed by atoms with Crippen molar-refractivity contribution in [2.45, 2.75) is 6.92 Å². The van der Waals surface area contributed by atoms with E-state index in [0.29, 0.717) is 0 Å². The van der Waals surface area contributed by atoms with Crippen molar-refractivity contribution in [3.05, 3.63) is 58.4 Å². The van der Waals surface area contributed by atoms with Crippen LogP contribution >= 0.6 is 11.5 Å². The molecule has 0 aliphatic rings. The number of hydrogen-bond acceptors (Lipinski definition) is 2. The van der Waals surface area contributed by atoms with Gasteiger partial charge in [0.15, 0.2) is 0 Å². The highest BCUT2D eigenvalue weighted by atomic mass is 32.1. The summed E-state index contributed by atoms with van der Waals surface area (Å²) in [4.78, 5) is 11.9. The predicted octanol–water partition coefficient (Wildman–Crippen LogP) is 3.58. The normalized spacial score (nSPS) is 11.0. The van der Waals surface area contributed by atoms with E-state index >= 15 is 0 Å². The molecule has 1 heterocycles. The first-order chi connectivity index (χ1) is 8.66. The molecule has 0 aliphatic carbocycles. The van der Waals surface area contributed by atoms with E-state index in [9.17, 15) is 4.79 Å². The molecule has 18 heavy (non-hydrogen) atoms. The molecule has 0 spiro atoms. The Morgan fingerprint density at radius 2 is 1.78 bits per heavy atom. The van der Waals surface area contributed by atoms with Crippen LogP contribution in [-0.4, -0.2) is 3.96 Å². The Bertz CT molecular complexity index is 765. The maximum absolute atomic E-state index is 11.9. The molecule has 0 unspecified atom stereocenters. The molecule has 3 rings (SSSR count). The summed E-state index contributed by atoms with van der Waals surface area (Å²) in [7, 11) is 1.81. The lowest BCUT2D eigenvalue weighted by Crippen LogP contribution is -2.07. The third-order valence-corrected chi connectivity index (χ3v) is 4.18. The van der Waals surface area contributed by atoms with Crippen molar-refractivity contribution in [3.63, 3.8) is 0 Å². The van der Waals surface area contributed by atoms with Gasteiger partial charge in [0.1, 0.15) is 0 Å². The van der Waals surface area contributed by atoms with Crippen LogP contribution in [0.15, 0.2) is 47.3 Å². The monoisotopic (exact) mass is 255 g/mol. The van der Waals surface area contributed by atoms with Gasteiger partial charge in [0.05, 0.1) is 10.1 Å². The molecule has 0 aliphatic heterocycles. The lowest BCUT2D eigenvalue weighted by molar-refractivity contribution is 0.989. The third-order valence-electron chi connectivity index (χ3n) is 3.12.